The fourth-order valence-electron chi connectivity index (χ4n) is 8.26. The predicted molar refractivity (Wildman–Crippen MR) is 210 cm³/mol. The summed E-state index contributed by atoms with van der Waals surface area (Å²) in [6, 6.07) is 60.9. The summed E-state index contributed by atoms with van der Waals surface area (Å²) < 4.78 is 12.8. The lowest BCUT2D eigenvalue weighted by molar-refractivity contribution is 0.664. The minimum Gasteiger partial charge on any atom is -0.456 e. The molecular weight excluding hydrogens is 609 g/mol. The Bertz CT molecular complexity index is 3080. The van der Waals surface area contributed by atoms with Crippen molar-refractivity contribution in [3.8, 4) is 33.4 Å². The lowest BCUT2D eigenvalue weighted by atomic mass is 9.84. The molecule has 0 fully saturated rings. The van der Waals surface area contributed by atoms with Gasteiger partial charge >= 0.3 is 0 Å². The Morgan fingerprint density at radius 1 is 0.240 bits per heavy atom. The predicted octanol–water partition coefficient (Wildman–Crippen LogP) is 13.9. The van der Waals surface area contributed by atoms with Crippen molar-refractivity contribution < 1.29 is 8.83 Å². The van der Waals surface area contributed by atoms with E-state index in [2.05, 4.69) is 152 Å². The highest BCUT2D eigenvalue weighted by molar-refractivity contribution is 6.24. The maximum atomic E-state index is 6.55. The molecule has 0 aliphatic heterocycles. The maximum absolute atomic E-state index is 6.55. The van der Waals surface area contributed by atoms with Crippen LogP contribution in [0.15, 0.2) is 179 Å². The van der Waals surface area contributed by atoms with E-state index in [4.69, 9.17) is 8.83 Å². The van der Waals surface area contributed by atoms with E-state index >= 15 is 0 Å². The molecule has 232 valence electrons. The van der Waals surface area contributed by atoms with Crippen molar-refractivity contribution in [2.75, 3.05) is 0 Å². The average molecular weight is 637 g/mol. The molecule has 9 aromatic carbocycles. The van der Waals surface area contributed by atoms with Crippen molar-refractivity contribution in [1.29, 1.82) is 0 Å². The molecule has 2 heteroatoms. The van der Waals surface area contributed by atoms with Gasteiger partial charge in [0, 0.05) is 21.5 Å². The standard InChI is InChI=1S/C48H28O2/c1-2-12-29(13-3-1)47-36-17-6-8-19-38(36)48(39-20-9-7-18-37(39)47)40-25-24-31(32-14-4-5-15-33(32)40)30-22-23-35-42-28-45-41(27-46(42)50-44(35)26-30)34-16-10-11-21-43(34)49-45/h1-28H. The van der Waals surface area contributed by atoms with Crippen LogP contribution in [0, 0.1) is 0 Å². The molecule has 2 heterocycles. The second-order valence-corrected chi connectivity index (χ2v) is 13.2. The third-order valence-electron chi connectivity index (χ3n) is 10.5. The summed E-state index contributed by atoms with van der Waals surface area (Å²) in [5.41, 5.74) is 10.8. The van der Waals surface area contributed by atoms with Crippen molar-refractivity contribution in [1.82, 2.24) is 0 Å². The molecule has 0 saturated carbocycles. The van der Waals surface area contributed by atoms with Gasteiger partial charge in [-0.2, -0.15) is 0 Å². The molecule has 0 spiro atoms. The smallest absolute Gasteiger partial charge is 0.136 e. The van der Waals surface area contributed by atoms with Gasteiger partial charge in [-0.05, 0) is 96.0 Å². The molecule has 11 rings (SSSR count). The van der Waals surface area contributed by atoms with Crippen LogP contribution < -0.4 is 0 Å². The molecule has 0 atom stereocenters. The summed E-state index contributed by atoms with van der Waals surface area (Å²) in [5, 5.41) is 11.8. The molecule has 0 aliphatic carbocycles. The third-order valence-corrected chi connectivity index (χ3v) is 10.5. The quantitative estimate of drug-likeness (QED) is 0.180. The first kappa shape index (κ1) is 27.3. The molecule has 0 radical (unpaired) electrons. The van der Waals surface area contributed by atoms with Crippen LogP contribution in [0.4, 0.5) is 0 Å². The zero-order chi connectivity index (χ0) is 32.8. The zero-order valence-electron chi connectivity index (χ0n) is 27.0. The number of benzene rings is 9. The average Bonchev–Trinajstić information content (AvgIpc) is 3.72. The van der Waals surface area contributed by atoms with Crippen LogP contribution in [0.2, 0.25) is 0 Å². The maximum Gasteiger partial charge on any atom is 0.136 e. The van der Waals surface area contributed by atoms with E-state index in [1.54, 1.807) is 0 Å². The van der Waals surface area contributed by atoms with Crippen LogP contribution in [0.5, 0.6) is 0 Å². The van der Waals surface area contributed by atoms with Gasteiger partial charge in [0.15, 0.2) is 0 Å². The van der Waals surface area contributed by atoms with Crippen molar-refractivity contribution >= 4 is 76.2 Å². The number of furan rings is 2. The zero-order valence-corrected chi connectivity index (χ0v) is 27.0. The van der Waals surface area contributed by atoms with Crippen molar-refractivity contribution in [2.45, 2.75) is 0 Å². The first-order valence-corrected chi connectivity index (χ1v) is 17.1. The molecule has 0 aliphatic rings. The number of para-hydroxylation sites is 1. The van der Waals surface area contributed by atoms with E-state index in [1.165, 1.54) is 60.1 Å². The first-order valence-electron chi connectivity index (χ1n) is 17.1. The van der Waals surface area contributed by atoms with E-state index in [9.17, 15) is 0 Å². The molecule has 0 bridgehead atoms. The molecule has 50 heavy (non-hydrogen) atoms. The minimum absolute atomic E-state index is 0.870. The Kier molecular flexibility index (Phi) is 5.70. The highest BCUT2D eigenvalue weighted by atomic mass is 16.3. The van der Waals surface area contributed by atoms with Gasteiger partial charge < -0.3 is 8.83 Å². The van der Waals surface area contributed by atoms with Crippen LogP contribution in [0.25, 0.3) is 110 Å². The van der Waals surface area contributed by atoms with Crippen molar-refractivity contribution in [3.63, 3.8) is 0 Å². The third kappa shape index (κ3) is 3.90. The Labute approximate surface area is 287 Å². The topological polar surface area (TPSA) is 26.3 Å². The van der Waals surface area contributed by atoms with Crippen LogP contribution in [0.3, 0.4) is 0 Å². The SMILES string of the molecule is c1ccc(-c2c3ccccc3c(-c3ccc(-c4ccc5c(c4)oc4cc6c(cc45)oc4ccccc46)c4ccccc34)c3ccccc23)cc1. The van der Waals surface area contributed by atoms with Gasteiger partial charge in [-0.3, -0.25) is 0 Å². The summed E-state index contributed by atoms with van der Waals surface area (Å²) in [6.07, 6.45) is 0. The van der Waals surface area contributed by atoms with E-state index < -0.39 is 0 Å². The Morgan fingerprint density at radius 3 is 1.36 bits per heavy atom. The number of hydrogen-bond acceptors (Lipinski definition) is 2. The normalized spacial score (nSPS) is 12.0. The summed E-state index contributed by atoms with van der Waals surface area (Å²) in [7, 11) is 0. The highest BCUT2D eigenvalue weighted by Gasteiger charge is 2.20. The lowest BCUT2D eigenvalue weighted by Gasteiger charge is -2.19. The van der Waals surface area contributed by atoms with Gasteiger partial charge in [-0.1, -0.05) is 140 Å². The second-order valence-electron chi connectivity index (χ2n) is 13.2. The van der Waals surface area contributed by atoms with Gasteiger partial charge in [0.05, 0.1) is 0 Å². The molecule has 2 nitrogen and oxygen atoms in total. The molecule has 2 aromatic heterocycles. The van der Waals surface area contributed by atoms with Gasteiger partial charge in [0.2, 0.25) is 0 Å². The van der Waals surface area contributed by atoms with E-state index in [0.29, 0.717) is 0 Å². The van der Waals surface area contributed by atoms with Gasteiger partial charge in [-0.25, -0.2) is 0 Å². The van der Waals surface area contributed by atoms with E-state index in [1.807, 2.05) is 18.2 Å². The monoisotopic (exact) mass is 636 g/mol. The van der Waals surface area contributed by atoms with Crippen LogP contribution in [-0.4, -0.2) is 0 Å². The fourth-order valence-corrected chi connectivity index (χ4v) is 8.26. The van der Waals surface area contributed by atoms with Gasteiger partial charge in [-0.15, -0.1) is 0 Å². The van der Waals surface area contributed by atoms with Crippen LogP contribution >= 0.6 is 0 Å². The van der Waals surface area contributed by atoms with E-state index in [0.717, 1.165) is 49.4 Å². The largest absolute Gasteiger partial charge is 0.456 e. The number of fused-ring (bicyclic) bond motifs is 9. The van der Waals surface area contributed by atoms with Gasteiger partial charge in [0.25, 0.3) is 0 Å². The summed E-state index contributed by atoms with van der Waals surface area (Å²) in [5.74, 6) is 0. The minimum atomic E-state index is 0.870. The lowest BCUT2D eigenvalue weighted by Crippen LogP contribution is -1.92. The highest BCUT2D eigenvalue weighted by Crippen LogP contribution is 2.47. The molecule has 0 unspecified atom stereocenters. The van der Waals surface area contributed by atoms with Crippen LogP contribution in [-0.2, 0) is 0 Å². The fraction of sp³-hybridized carbons (Fsp3) is 0. The Morgan fingerprint density at radius 2 is 0.700 bits per heavy atom. The molecular formula is C48H28O2. The van der Waals surface area contributed by atoms with Crippen molar-refractivity contribution in [3.05, 3.63) is 170 Å². The molecule has 0 saturated heterocycles. The molecule has 0 amide bonds. The van der Waals surface area contributed by atoms with Gasteiger partial charge in [0.1, 0.15) is 22.3 Å². The molecule has 0 N–H and O–H groups in total. The Balaban J connectivity index is 1.13. The summed E-state index contributed by atoms with van der Waals surface area (Å²) in [4.78, 5) is 0. The van der Waals surface area contributed by atoms with Crippen LogP contribution in [0.1, 0.15) is 0 Å². The van der Waals surface area contributed by atoms with E-state index in [-0.39, 0.29) is 0 Å². The van der Waals surface area contributed by atoms with Crippen molar-refractivity contribution in [2.24, 2.45) is 0 Å². The summed E-state index contributed by atoms with van der Waals surface area (Å²) >= 11 is 0. The number of hydrogen-bond donors (Lipinski definition) is 0. The first-order chi connectivity index (χ1) is 24.8. The molecule has 11 aromatic rings. The second kappa shape index (κ2) is 10.4. The summed E-state index contributed by atoms with van der Waals surface area (Å²) in [6.45, 7) is 0. The Hall–Kier alpha value is -6.64. The number of rotatable bonds is 3.